The van der Waals surface area contributed by atoms with Crippen molar-refractivity contribution in [1.29, 1.82) is 0 Å². The number of nitrogens with two attached hydrogens (primary N) is 1. The zero-order chi connectivity index (χ0) is 51.5. The lowest BCUT2D eigenvalue weighted by Crippen LogP contribution is -2.49. The second kappa shape index (κ2) is 20.2. The van der Waals surface area contributed by atoms with E-state index in [2.05, 4.69) is 20.6 Å². The first-order valence-electron chi connectivity index (χ1n) is 24.9. The molecule has 0 unspecified atom stereocenters. The molecule has 15 nitrogen and oxygen atoms in total. The fraction of sp³-hybridized carbons (Fsp3) is 0.453. The van der Waals surface area contributed by atoms with Crippen LogP contribution in [0.1, 0.15) is 90.8 Å². The van der Waals surface area contributed by atoms with Crippen LogP contribution in [0.2, 0.25) is 5.02 Å². The van der Waals surface area contributed by atoms with Crippen LogP contribution < -0.4 is 30.7 Å². The molecule has 386 valence electrons. The summed E-state index contributed by atoms with van der Waals surface area (Å²) >= 11 is 6.71. The summed E-state index contributed by atoms with van der Waals surface area (Å²) in [4.78, 5) is 56.5. The van der Waals surface area contributed by atoms with Crippen LogP contribution >= 0.6 is 11.6 Å². The Bertz CT molecular complexity index is 3010. The Morgan fingerprint density at radius 3 is 2.44 bits per heavy atom. The van der Waals surface area contributed by atoms with Crippen molar-refractivity contribution < 1.29 is 51.3 Å². The van der Waals surface area contributed by atoms with Crippen LogP contribution in [0.5, 0.6) is 11.5 Å². The Kier molecular flexibility index (Phi) is 13.9. The molecule has 0 bridgehead atoms. The average Bonchev–Trinajstić information content (AvgIpc) is 4.17. The number of amides is 5. The van der Waals surface area contributed by atoms with Crippen molar-refractivity contribution in [1.82, 2.24) is 30.2 Å². The summed E-state index contributed by atoms with van der Waals surface area (Å²) in [7, 11) is 1.54. The second-order valence-electron chi connectivity index (χ2n) is 20.1. The molecule has 20 heteroatoms. The van der Waals surface area contributed by atoms with Gasteiger partial charge in [0.15, 0.2) is 28.8 Å². The SMILES string of the molecule is C[C@H]1c2c(cc(F)c(Cl)c2-c2c(C(N)=O)ccc(OCCO)c2F)O[C@]1(CNC1CCC(C(=O)N2CC[C@@H](CN3CC[C@@H](c4c(F)cc5c(N6CCC(=O)NC6=O)nn(C)c5c4F)C3)C2)CC1)c1ccccc1. The monoisotopic (exact) mass is 1030 g/mol. The van der Waals surface area contributed by atoms with Gasteiger partial charge in [0.05, 0.1) is 22.6 Å². The van der Waals surface area contributed by atoms with E-state index in [4.69, 9.17) is 26.8 Å². The highest BCUT2D eigenvalue weighted by molar-refractivity contribution is 6.34. The normalized spacial score (nSPS) is 24.3. The van der Waals surface area contributed by atoms with Crippen LogP contribution in [0.4, 0.5) is 28.2 Å². The second-order valence-corrected chi connectivity index (χ2v) is 20.5. The number of hydrogen-bond acceptors (Lipinski definition) is 10. The van der Waals surface area contributed by atoms with Crippen molar-refractivity contribution in [2.45, 2.75) is 75.3 Å². The molecule has 5 N–H and O–H groups in total. The average molecular weight is 1030 g/mol. The number of aliphatic hydroxyl groups excluding tert-OH is 1. The standard InChI is InChI=1S/C53H57ClF4N8O7/c1-28-41-39(23-37(56)45(54)44(41)43-34(49(59)69)12-13-38(46(43)57)72-21-20-67)73-53(28,32-6-4-3-5-7-32)27-60-33-10-8-30(9-11-33)51(70)65-18-14-29(25-65)24-64-17-15-31(26-64)42-36(55)22-35-48(47(42)58)63(2)62-50(35)66-19-16-40(68)61-52(66)71/h3-7,12-13,22-23,28-31,33,60,67H,8-11,14-21,24-27H2,1-2H3,(H2,59,69)(H,61,68,71)/t28-,29-,30?,31+,33?,53-/m0/s1. The van der Waals surface area contributed by atoms with Gasteiger partial charge in [0, 0.05) is 105 Å². The predicted octanol–water partition coefficient (Wildman–Crippen LogP) is 7.24. The van der Waals surface area contributed by atoms with Gasteiger partial charge in [-0.05, 0) is 74.8 Å². The number of hydrogen-bond donors (Lipinski definition) is 4. The number of aromatic nitrogens is 2. The zero-order valence-electron chi connectivity index (χ0n) is 40.5. The molecule has 4 atom stereocenters. The molecule has 3 saturated heterocycles. The lowest BCUT2D eigenvalue weighted by atomic mass is 9.77. The lowest BCUT2D eigenvalue weighted by molar-refractivity contribution is -0.135. The van der Waals surface area contributed by atoms with E-state index < -0.39 is 70.2 Å². The molecule has 5 amide bonds. The molecule has 0 radical (unpaired) electrons. The van der Waals surface area contributed by atoms with Gasteiger partial charge in [-0.2, -0.15) is 5.10 Å². The molecule has 5 aliphatic rings. The summed E-state index contributed by atoms with van der Waals surface area (Å²) < 4.78 is 78.1. The van der Waals surface area contributed by atoms with E-state index in [9.17, 15) is 24.3 Å². The third-order valence-electron chi connectivity index (χ3n) is 15.8. The highest BCUT2D eigenvalue weighted by Crippen LogP contribution is 2.56. The molecule has 1 saturated carbocycles. The predicted molar refractivity (Wildman–Crippen MR) is 263 cm³/mol. The van der Waals surface area contributed by atoms with Gasteiger partial charge in [0.2, 0.25) is 17.7 Å². The molecule has 1 aromatic heterocycles. The molecule has 4 fully saturated rings. The van der Waals surface area contributed by atoms with E-state index in [1.54, 1.807) is 7.05 Å². The molecule has 73 heavy (non-hydrogen) atoms. The highest BCUT2D eigenvalue weighted by atomic mass is 35.5. The summed E-state index contributed by atoms with van der Waals surface area (Å²) in [5.41, 5.74) is 5.20. The van der Waals surface area contributed by atoms with Crippen LogP contribution in [0, 0.1) is 35.1 Å². The molecule has 5 aromatic rings. The van der Waals surface area contributed by atoms with E-state index >= 15 is 17.6 Å². The van der Waals surface area contributed by atoms with Gasteiger partial charge in [-0.3, -0.25) is 29.3 Å². The molecular formula is C53H57ClF4N8O7. The number of urea groups is 1. The third kappa shape index (κ3) is 9.16. The van der Waals surface area contributed by atoms with Crippen LogP contribution in [-0.2, 0) is 22.2 Å². The van der Waals surface area contributed by atoms with Crippen LogP contribution in [0.3, 0.4) is 0 Å². The van der Waals surface area contributed by atoms with Gasteiger partial charge < -0.3 is 35.4 Å². The molecule has 4 aliphatic heterocycles. The van der Waals surface area contributed by atoms with Gasteiger partial charge >= 0.3 is 6.03 Å². The first kappa shape index (κ1) is 50.3. The number of ether oxygens (including phenoxy) is 2. The summed E-state index contributed by atoms with van der Waals surface area (Å²) in [6, 6.07) is 13.7. The van der Waals surface area contributed by atoms with E-state index in [0.717, 1.165) is 12.0 Å². The number of rotatable bonds is 14. The molecule has 1 aliphatic carbocycles. The number of carbonyl (C=O) groups excluding carboxylic acids is 4. The number of nitrogens with one attached hydrogen (secondary N) is 2. The van der Waals surface area contributed by atoms with Crippen molar-refractivity contribution in [3.05, 3.63) is 105 Å². The number of carbonyl (C=O) groups is 4. The number of aliphatic hydroxyl groups is 1. The third-order valence-corrected chi connectivity index (χ3v) is 16.1. The summed E-state index contributed by atoms with van der Waals surface area (Å²) in [6.07, 6.45) is 4.18. The number of halogens is 5. The summed E-state index contributed by atoms with van der Waals surface area (Å²) in [5.74, 6) is -5.53. The largest absolute Gasteiger partial charge is 0.488 e. The van der Waals surface area contributed by atoms with E-state index in [0.29, 0.717) is 70.4 Å². The minimum Gasteiger partial charge on any atom is -0.488 e. The Morgan fingerprint density at radius 2 is 1.71 bits per heavy atom. The van der Waals surface area contributed by atoms with Gasteiger partial charge in [-0.15, -0.1) is 0 Å². The zero-order valence-corrected chi connectivity index (χ0v) is 41.3. The minimum atomic E-state index is -1.15. The molecule has 4 aromatic carbocycles. The summed E-state index contributed by atoms with van der Waals surface area (Å²) in [5, 5.41) is 19.4. The van der Waals surface area contributed by atoms with E-state index in [1.807, 2.05) is 42.2 Å². The number of aryl methyl sites for hydroxylation is 1. The van der Waals surface area contributed by atoms with Crippen LogP contribution in [0.15, 0.2) is 54.6 Å². The van der Waals surface area contributed by atoms with E-state index in [1.165, 1.54) is 33.8 Å². The van der Waals surface area contributed by atoms with Gasteiger partial charge in [0.25, 0.3) is 0 Å². The van der Waals surface area contributed by atoms with Gasteiger partial charge in [-0.1, -0.05) is 48.9 Å². The Labute approximate surface area is 423 Å². The van der Waals surface area contributed by atoms with Crippen molar-refractivity contribution in [2.24, 2.45) is 24.6 Å². The fourth-order valence-corrected chi connectivity index (χ4v) is 12.3. The smallest absolute Gasteiger partial charge is 0.329 e. The van der Waals surface area contributed by atoms with Crippen molar-refractivity contribution in [3.8, 4) is 22.6 Å². The first-order valence-corrected chi connectivity index (χ1v) is 25.3. The van der Waals surface area contributed by atoms with Crippen molar-refractivity contribution >= 4 is 52.1 Å². The molecule has 0 spiro atoms. The fourth-order valence-electron chi connectivity index (χ4n) is 12.1. The highest BCUT2D eigenvalue weighted by Gasteiger charge is 2.50. The van der Waals surface area contributed by atoms with Gasteiger partial charge in [-0.25, -0.2) is 22.4 Å². The maximum Gasteiger partial charge on any atom is 0.329 e. The van der Waals surface area contributed by atoms with Crippen LogP contribution in [0.25, 0.3) is 22.0 Å². The Hall–Kier alpha value is -6.28. The number of fused-ring (bicyclic) bond motifs is 2. The molecule has 10 rings (SSSR count). The van der Waals surface area contributed by atoms with Crippen molar-refractivity contribution in [2.75, 3.05) is 63.9 Å². The van der Waals surface area contributed by atoms with E-state index in [-0.39, 0.29) is 100 Å². The topological polar surface area (TPSA) is 185 Å². The van der Waals surface area contributed by atoms with Crippen molar-refractivity contribution in [3.63, 3.8) is 0 Å². The number of imide groups is 1. The minimum absolute atomic E-state index is 0.00298. The number of likely N-dealkylation sites (tertiary alicyclic amines) is 2. The maximum absolute atomic E-state index is 16.5. The number of nitrogens with zero attached hydrogens (tertiary/aromatic N) is 5. The lowest BCUT2D eigenvalue weighted by Gasteiger charge is -2.37. The van der Waals surface area contributed by atoms with Crippen LogP contribution in [-0.4, -0.2) is 114 Å². The molecule has 5 heterocycles. The Balaban J connectivity index is 0.774. The quantitative estimate of drug-likeness (QED) is 0.0827. The summed E-state index contributed by atoms with van der Waals surface area (Å²) in [6.45, 7) is 4.60. The maximum atomic E-state index is 16.5. The number of primary amides is 1. The number of anilines is 1. The number of benzene rings is 4. The first-order chi connectivity index (χ1) is 35.1. The van der Waals surface area contributed by atoms with Gasteiger partial charge in [0.1, 0.15) is 29.5 Å². The Morgan fingerprint density at radius 1 is 0.945 bits per heavy atom. The molecular weight excluding hydrogens is 972 g/mol.